The Labute approximate surface area is 308 Å². The molecule has 0 N–H and O–H groups in total. The zero-order valence-electron chi connectivity index (χ0n) is 28.9. The molecule has 10 aromatic rings. The van der Waals surface area contributed by atoms with Gasteiger partial charge < -0.3 is 13.9 Å². The Bertz CT molecular complexity index is 2870. The second-order valence-electron chi connectivity index (χ2n) is 13.4. The summed E-state index contributed by atoms with van der Waals surface area (Å²) in [5.41, 5.74) is 15.2. The highest BCUT2D eigenvalue weighted by atomic mass is 16.3. The van der Waals surface area contributed by atoms with Crippen LogP contribution in [0.4, 0.5) is 17.1 Å². The highest BCUT2D eigenvalue weighted by molar-refractivity contribution is 6.18. The second kappa shape index (κ2) is 12.9. The molecule has 0 atom stereocenters. The average Bonchev–Trinajstić information content (AvgIpc) is 3.77. The predicted octanol–water partition coefficient (Wildman–Crippen LogP) is 14.0. The molecule has 8 aromatic carbocycles. The normalized spacial score (nSPS) is 11.4. The molecule has 53 heavy (non-hydrogen) atoms. The first-order valence-corrected chi connectivity index (χ1v) is 18.0. The Balaban J connectivity index is 1.14. The standard InChI is InChI=1S/C50H34N2O/c1-4-15-35(16-5-1)37-29-31-41(32-30-37)51(42-23-12-19-38(33-42)36-17-6-2-7-18-36)43-24-13-20-39(34-43)44-26-14-27-46-48-50(53-49(44)46)45-25-10-11-28-47(45)52(48)40-21-8-3-9-22-40/h1-34H. The van der Waals surface area contributed by atoms with E-state index in [-0.39, 0.29) is 0 Å². The highest BCUT2D eigenvalue weighted by Crippen LogP contribution is 2.44. The van der Waals surface area contributed by atoms with Crippen LogP contribution < -0.4 is 4.90 Å². The Morgan fingerprint density at radius 3 is 1.60 bits per heavy atom. The largest absolute Gasteiger partial charge is 0.453 e. The van der Waals surface area contributed by atoms with E-state index in [0.717, 1.165) is 66.8 Å². The van der Waals surface area contributed by atoms with Crippen LogP contribution in [0.1, 0.15) is 0 Å². The van der Waals surface area contributed by atoms with Gasteiger partial charge in [-0.15, -0.1) is 0 Å². The van der Waals surface area contributed by atoms with Gasteiger partial charge in [0.1, 0.15) is 11.1 Å². The molecular weight excluding hydrogens is 645 g/mol. The first kappa shape index (κ1) is 30.7. The van der Waals surface area contributed by atoms with Gasteiger partial charge in [0, 0.05) is 39.1 Å². The van der Waals surface area contributed by atoms with Crippen LogP contribution in [-0.4, -0.2) is 4.57 Å². The molecule has 2 aromatic heterocycles. The van der Waals surface area contributed by atoms with Gasteiger partial charge >= 0.3 is 0 Å². The first-order valence-electron chi connectivity index (χ1n) is 18.0. The summed E-state index contributed by atoms with van der Waals surface area (Å²) >= 11 is 0. The van der Waals surface area contributed by atoms with Gasteiger partial charge in [0.15, 0.2) is 5.58 Å². The van der Waals surface area contributed by atoms with Gasteiger partial charge in [0.05, 0.1) is 5.52 Å². The molecular formula is C50H34N2O. The van der Waals surface area contributed by atoms with Crippen molar-refractivity contribution in [3.05, 3.63) is 206 Å². The third-order valence-electron chi connectivity index (χ3n) is 10.2. The molecule has 0 aliphatic heterocycles. The lowest BCUT2D eigenvalue weighted by Gasteiger charge is -2.27. The monoisotopic (exact) mass is 678 g/mol. The van der Waals surface area contributed by atoms with E-state index in [4.69, 9.17) is 4.42 Å². The number of benzene rings is 8. The van der Waals surface area contributed by atoms with Crippen molar-refractivity contribution in [3.8, 4) is 39.1 Å². The number of hydrogen-bond acceptors (Lipinski definition) is 2. The van der Waals surface area contributed by atoms with Gasteiger partial charge in [0.2, 0.25) is 0 Å². The number of para-hydroxylation sites is 3. The fraction of sp³-hybridized carbons (Fsp3) is 0. The van der Waals surface area contributed by atoms with E-state index in [2.05, 4.69) is 216 Å². The maximum atomic E-state index is 6.91. The minimum atomic E-state index is 0.884. The number of anilines is 3. The number of rotatable bonds is 7. The minimum Gasteiger partial charge on any atom is -0.453 e. The van der Waals surface area contributed by atoms with Crippen molar-refractivity contribution in [2.75, 3.05) is 4.90 Å². The Kier molecular flexibility index (Phi) is 7.47. The molecule has 0 aliphatic rings. The maximum Gasteiger partial charge on any atom is 0.161 e. The quantitative estimate of drug-likeness (QED) is 0.167. The summed E-state index contributed by atoms with van der Waals surface area (Å²) in [6.07, 6.45) is 0. The van der Waals surface area contributed by atoms with Gasteiger partial charge in [-0.3, -0.25) is 0 Å². The SMILES string of the molecule is c1ccc(-c2ccc(N(c3cccc(-c4ccccc4)c3)c3cccc(-c4cccc5c4oc4c6ccccc6n(-c6ccccc6)c54)c3)cc2)cc1. The van der Waals surface area contributed by atoms with E-state index >= 15 is 0 Å². The van der Waals surface area contributed by atoms with Crippen molar-refractivity contribution in [1.82, 2.24) is 4.57 Å². The number of furan rings is 1. The molecule has 0 spiro atoms. The third-order valence-corrected chi connectivity index (χ3v) is 10.2. The summed E-state index contributed by atoms with van der Waals surface area (Å²) in [5, 5.41) is 2.19. The van der Waals surface area contributed by atoms with Gasteiger partial charge in [-0.1, -0.05) is 140 Å². The first-order chi connectivity index (χ1) is 26.3. The van der Waals surface area contributed by atoms with Crippen molar-refractivity contribution >= 4 is 50.0 Å². The zero-order valence-corrected chi connectivity index (χ0v) is 28.9. The topological polar surface area (TPSA) is 21.3 Å². The van der Waals surface area contributed by atoms with Crippen LogP contribution in [0.3, 0.4) is 0 Å². The maximum absolute atomic E-state index is 6.91. The van der Waals surface area contributed by atoms with Gasteiger partial charge in [-0.05, 0) is 94.5 Å². The number of nitrogens with zero attached hydrogens (tertiary/aromatic N) is 2. The smallest absolute Gasteiger partial charge is 0.161 e. The van der Waals surface area contributed by atoms with Crippen molar-refractivity contribution < 1.29 is 4.42 Å². The number of aromatic nitrogens is 1. The molecule has 0 saturated heterocycles. The van der Waals surface area contributed by atoms with Crippen LogP contribution in [0.15, 0.2) is 211 Å². The van der Waals surface area contributed by atoms with Crippen LogP contribution in [-0.2, 0) is 0 Å². The molecule has 3 heteroatoms. The fourth-order valence-electron chi connectivity index (χ4n) is 7.71. The van der Waals surface area contributed by atoms with E-state index in [1.54, 1.807) is 0 Å². The van der Waals surface area contributed by atoms with Gasteiger partial charge in [0.25, 0.3) is 0 Å². The third kappa shape index (κ3) is 5.38. The molecule has 10 rings (SSSR count). The van der Waals surface area contributed by atoms with Crippen molar-refractivity contribution in [2.45, 2.75) is 0 Å². The van der Waals surface area contributed by atoms with Crippen molar-refractivity contribution in [1.29, 1.82) is 0 Å². The molecule has 0 aliphatic carbocycles. The molecule has 250 valence electrons. The number of fused-ring (bicyclic) bond motifs is 5. The van der Waals surface area contributed by atoms with Crippen LogP contribution in [0.25, 0.3) is 72.0 Å². The van der Waals surface area contributed by atoms with E-state index in [0.29, 0.717) is 0 Å². The second-order valence-corrected chi connectivity index (χ2v) is 13.4. The van der Waals surface area contributed by atoms with E-state index < -0.39 is 0 Å². The van der Waals surface area contributed by atoms with Crippen molar-refractivity contribution in [3.63, 3.8) is 0 Å². The van der Waals surface area contributed by atoms with Crippen LogP contribution in [0.5, 0.6) is 0 Å². The molecule has 0 fully saturated rings. The van der Waals surface area contributed by atoms with Crippen LogP contribution >= 0.6 is 0 Å². The summed E-state index contributed by atoms with van der Waals surface area (Å²) in [6.45, 7) is 0. The summed E-state index contributed by atoms with van der Waals surface area (Å²) in [6, 6.07) is 73.2. The zero-order chi connectivity index (χ0) is 35.1. The summed E-state index contributed by atoms with van der Waals surface area (Å²) in [4.78, 5) is 2.35. The molecule has 3 nitrogen and oxygen atoms in total. The molecule has 2 heterocycles. The predicted molar refractivity (Wildman–Crippen MR) is 222 cm³/mol. The van der Waals surface area contributed by atoms with Crippen molar-refractivity contribution in [2.24, 2.45) is 0 Å². The van der Waals surface area contributed by atoms with Crippen LogP contribution in [0, 0.1) is 0 Å². The van der Waals surface area contributed by atoms with E-state index in [1.807, 2.05) is 0 Å². The lowest BCUT2D eigenvalue weighted by atomic mass is 10.0. The minimum absolute atomic E-state index is 0.884. The lowest BCUT2D eigenvalue weighted by Crippen LogP contribution is -2.10. The van der Waals surface area contributed by atoms with E-state index in [9.17, 15) is 0 Å². The fourth-order valence-corrected chi connectivity index (χ4v) is 7.71. The summed E-state index contributed by atoms with van der Waals surface area (Å²) < 4.78 is 9.24. The van der Waals surface area contributed by atoms with Crippen LogP contribution in [0.2, 0.25) is 0 Å². The summed E-state index contributed by atoms with van der Waals surface area (Å²) in [5.74, 6) is 0. The number of hydrogen-bond donors (Lipinski definition) is 0. The van der Waals surface area contributed by atoms with E-state index in [1.165, 1.54) is 22.3 Å². The average molecular weight is 679 g/mol. The molecule has 0 radical (unpaired) electrons. The molecule has 0 unspecified atom stereocenters. The molecule has 0 amide bonds. The van der Waals surface area contributed by atoms with Gasteiger partial charge in [-0.25, -0.2) is 0 Å². The van der Waals surface area contributed by atoms with Gasteiger partial charge in [-0.2, -0.15) is 0 Å². The molecule has 0 bridgehead atoms. The molecule has 0 saturated carbocycles. The lowest BCUT2D eigenvalue weighted by molar-refractivity contribution is 0.674. The Hall–Kier alpha value is -7.10. The summed E-state index contributed by atoms with van der Waals surface area (Å²) in [7, 11) is 0. The Morgan fingerprint density at radius 1 is 0.358 bits per heavy atom. The highest BCUT2D eigenvalue weighted by Gasteiger charge is 2.22. The Morgan fingerprint density at radius 2 is 0.887 bits per heavy atom.